The van der Waals surface area contributed by atoms with Crippen LogP contribution in [-0.2, 0) is 16.6 Å². The lowest BCUT2D eigenvalue weighted by Crippen LogP contribution is -2.30. The van der Waals surface area contributed by atoms with Crippen LogP contribution in [0, 0.1) is 5.41 Å². The SMILES string of the molecule is CCCNCc1cc(S(=O)(=O)N2CCC(C)(C)C2)cs1. The van der Waals surface area contributed by atoms with Gasteiger partial charge in [-0.2, -0.15) is 4.31 Å². The number of rotatable bonds is 6. The van der Waals surface area contributed by atoms with E-state index < -0.39 is 10.0 Å². The fourth-order valence-electron chi connectivity index (χ4n) is 2.39. The van der Waals surface area contributed by atoms with Crippen LogP contribution >= 0.6 is 11.3 Å². The van der Waals surface area contributed by atoms with Gasteiger partial charge < -0.3 is 5.32 Å². The summed E-state index contributed by atoms with van der Waals surface area (Å²) in [4.78, 5) is 1.53. The largest absolute Gasteiger partial charge is 0.312 e. The first-order valence-electron chi connectivity index (χ1n) is 7.13. The van der Waals surface area contributed by atoms with Crippen molar-refractivity contribution in [2.45, 2.75) is 45.1 Å². The summed E-state index contributed by atoms with van der Waals surface area (Å²) in [5.41, 5.74) is 0.0919. The Balaban J connectivity index is 2.07. The fraction of sp³-hybridized carbons (Fsp3) is 0.714. The van der Waals surface area contributed by atoms with Crippen molar-refractivity contribution in [1.29, 1.82) is 0 Å². The van der Waals surface area contributed by atoms with Crippen LogP contribution in [0.15, 0.2) is 16.3 Å². The van der Waals surface area contributed by atoms with Crippen LogP contribution in [0.4, 0.5) is 0 Å². The van der Waals surface area contributed by atoms with E-state index in [1.54, 1.807) is 9.69 Å². The molecule has 1 aliphatic heterocycles. The number of sulfonamides is 1. The Morgan fingerprint density at radius 3 is 2.80 bits per heavy atom. The molecule has 1 fully saturated rings. The van der Waals surface area contributed by atoms with Gasteiger partial charge in [-0.15, -0.1) is 11.3 Å². The number of nitrogens with zero attached hydrogens (tertiary/aromatic N) is 1. The Labute approximate surface area is 126 Å². The van der Waals surface area contributed by atoms with Crippen molar-refractivity contribution in [3.63, 3.8) is 0 Å². The topological polar surface area (TPSA) is 49.4 Å². The van der Waals surface area contributed by atoms with Gasteiger partial charge in [0.1, 0.15) is 0 Å². The van der Waals surface area contributed by atoms with Gasteiger partial charge in [-0.1, -0.05) is 20.8 Å². The maximum atomic E-state index is 12.6. The van der Waals surface area contributed by atoms with Crippen molar-refractivity contribution < 1.29 is 8.42 Å². The average Bonchev–Trinajstić information content (AvgIpc) is 2.97. The molecule has 2 rings (SSSR count). The van der Waals surface area contributed by atoms with Crippen LogP contribution in [-0.4, -0.2) is 32.4 Å². The van der Waals surface area contributed by atoms with Crippen LogP contribution in [0.1, 0.15) is 38.5 Å². The Morgan fingerprint density at radius 1 is 1.45 bits per heavy atom. The van der Waals surface area contributed by atoms with Crippen molar-refractivity contribution in [3.8, 4) is 0 Å². The summed E-state index contributed by atoms with van der Waals surface area (Å²) in [6.45, 7) is 9.32. The molecule has 0 atom stereocenters. The molecule has 1 aliphatic rings. The molecule has 0 bridgehead atoms. The van der Waals surface area contributed by atoms with Crippen LogP contribution in [0.5, 0.6) is 0 Å². The molecule has 0 unspecified atom stereocenters. The van der Waals surface area contributed by atoms with E-state index in [0.717, 1.165) is 30.8 Å². The van der Waals surface area contributed by atoms with Gasteiger partial charge in [-0.3, -0.25) is 0 Å². The highest BCUT2D eigenvalue weighted by molar-refractivity contribution is 7.89. The van der Waals surface area contributed by atoms with Crippen LogP contribution in [0.2, 0.25) is 0 Å². The molecule has 0 spiro atoms. The highest BCUT2D eigenvalue weighted by atomic mass is 32.2. The minimum absolute atomic E-state index is 0.0919. The van der Waals surface area contributed by atoms with Gasteiger partial charge in [0.05, 0.1) is 4.90 Å². The second-order valence-corrected chi connectivity index (χ2v) is 9.11. The normalized spacial score (nSPS) is 19.6. The van der Waals surface area contributed by atoms with E-state index in [1.807, 2.05) is 6.07 Å². The molecule has 6 heteroatoms. The van der Waals surface area contributed by atoms with Gasteiger partial charge in [-0.25, -0.2) is 8.42 Å². The van der Waals surface area contributed by atoms with Crippen LogP contribution in [0.25, 0.3) is 0 Å². The molecule has 1 aromatic heterocycles. The number of nitrogens with one attached hydrogen (secondary N) is 1. The van der Waals surface area contributed by atoms with Crippen molar-refractivity contribution in [3.05, 3.63) is 16.3 Å². The van der Waals surface area contributed by atoms with Gasteiger partial charge in [-0.05, 0) is 30.9 Å². The predicted octanol–water partition coefficient (Wildman–Crippen LogP) is 2.67. The molecule has 2 heterocycles. The lowest BCUT2D eigenvalue weighted by molar-refractivity contribution is 0.375. The molecular formula is C14H24N2O2S2. The zero-order chi connectivity index (χ0) is 14.8. The van der Waals surface area contributed by atoms with Gasteiger partial charge >= 0.3 is 0 Å². The summed E-state index contributed by atoms with van der Waals surface area (Å²) in [5, 5.41) is 5.07. The molecule has 4 nitrogen and oxygen atoms in total. The van der Waals surface area contributed by atoms with Gasteiger partial charge in [0, 0.05) is 29.9 Å². The first kappa shape index (κ1) is 15.9. The maximum absolute atomic E-state index is 12.6. The second kappa shape index (κ2) is 6.13. The monoisotopic (exact) mass is 316 g/mol. The summed E-state index contributed by atoms with van der Waals surface area (Å²) in [7, 11) is -3.30. The van der Waals surface area contributed by atoms with E-state index >= 15 is 0 Å². The molecule has 0 amide bonds. The summed E-state index contributed by atoms with van der Waals surface area (Å²) in [5.74, 6) is 0. The molecule has 1 aromatic rings. The Morgan fingerprint density at radius 2 is 2.20 bits per heavy atom. The van der Waals surface area contributed by atoms with Crippen molar-refractivity contribution in [2.75, 3.05) is 19.6 Å². The third-order valence-corrected chi connectivity index (χ3v) is 6.54. The summed E-state index contributed by atoms with van der Waals surface area (Å²) in [6.07, 6.45) is 2.01. The van der Waals surface area contributed by atoms with Crippen molar-refractivity contribution in [2.24, 2.45) is 5.41 Å². The van der Waals surface area contributed by atoms with Crippen LogP contribution < -0.4 is 5.32 Å². The summed E-state index contributed by atoms with van der Waals surface area (Å²) < 4.78 is 26.8. The molecule has 0 saturated carbocycles. The second-order valence-electron chi connectivity index (χ2n) is 6.18. The number of thiophene rings is 1. The van der Waals surface area contributed by atoms with E-state index in [4.69, 9.17) is 0 Å². The molecule has 1 saturated heterocycles. The average molecular weight is 316 g/mol. The highest BCUT2D eigenvalue weighted by Crippen LogP contribution is 2.33. The molecule has 1 N–H and O–H groups in total. The lowest BCUT2D eigenvalue weighted by atomic mass is 9.93. The van der Waals surface area contributed by atoms with Crippen molar-refractivity contribution in [1.82, 2.24) is 9.62 Å². The smallest absolute Gasteiger partial charge is 0.243 e. The highest BCUT2D eigenvalue weighted by Gasteiger charge is 2.37. The summed E-state index contributed by atoms with van der Waals surface area (Å²) in [6, 6.07) is 1.81. The Kier molecular flexibility index (Phi) is 4.89. The molecule has 0 aliphatic carbocycles. The van der Waals surface area contributed by atoms with E-state index in [2.05, 4.69) is 26.1 Å². The van der Waals surface area contributed by atoms with Crippen LogP contribution in [0.3, 0.4) is 0 Å². The van der Waals surface area contributed by atoms with Gasteiger partial charge in [0.2, 0.25) is 10.0 Å². The summed E-state index contributed by atoms with van der Waals surface area (Å²) >= 11 is 1.52. The van der Waals surface area contributed by atoms with Gasteiger partial charge in [0.25, 0.3) is 0 Å². The predicted molar refractivity (Wildman–Crippen MR) is 83.5 cm³/mol. The minimum Gasteiger partial charge on any atom is -0.312 e. The van der Waals surface area contributed by atoms with E-state index in [-0.39, 0.29) is 5.41 Å². The van der Waals surface area contributed by atoms with Gasteiger partial charge in [0.15, 0.2) is 0 Å². The first-order valence-corrected chi connectivity index (χ1v) is 9.45. The Bertz CT molecular complexity index is 549. The molecular weight excluding hydrogens is 292 g/mol. The van der Waals surface area contributed by atoms with E-state index in [9.17, 15) is 8.42 Å². The number of hydrogen-bond donors (Lipinski definition) is 1. The van der Waals surface area contributed by atoms with E-state index in [1.165, 1.54) is 11.3 Å². The van der Waals surface area contributed by atoms with E-state index in [0.29, 0.717) is 18.0 Å². The molecule has 114 valence electrons. The fourth-order valence-corrected chi connectivity index (χ4v) is 5.26. The number of hydrogen-bond acceptors (Lipinski definition) is 4. The third-order valence-electron chi connectivity index (χ3n) is 3.64. The Hall–Kier alpha value is -0.430. The molecule has 20 heavy (non-hydrogen) atoms. The molecule has 0 aromatic carbocycles. The maximum Gasteiger partial charge on any atom is 0.243 e. The van der Waals surface area contributed by atoms with Crippen molar-refractivity contribution >= 4 is 21.4 Å². The standard InChI is InChI=1S/C14H24N2O2S2/c1-4-6-15-9-12-8-13(10-19-12)20(17,18)16-7-5-14(2,3)11-16/h8,10,15H,4-7,9,11H2,1-3H3. The zero-order valence-electron chi connectivity index (χ0n) is 12.5. The minimum atomic E-state index is -3.30. The third kappa shape index (κ3) is 3.61. The zero-order valence-corrected chi connectivity index (χ0v) is 14.1. The first-order chi connectivity index (χ1) is 9.35. The quantitative estimate of drug-likeness (QED) is 0.821. The molecule has 0 radical (unpaired) electrons. The lowest BCUT2D eigenvalue weighted by Gasteiger charge is -2.19.